The molecule has 5 rings (SSSR count). The number of carbonyl (C=O) groups is 1. The molecule has 3 aromatic carbocycles. The van der Waals surface area contributed by atoms with E-state index in [0.29, 0.717) is 23.3 Å². The summed E-state index contributed by atoms with van der Waals surface area (Å²) >= 11 is 6.02. The zero-order valence-corrected chi connectivity index (χ0v) is 19.6. The maximum atomic E-state index is 13.2. The number of aryl methyl sites for hydroxylation is 1. The number of carbonyl (C=O) groups excluding carboxylic acids is 1. The van der Waals surface area contributed by atoms with E-state index in [1.807, 2.05) is 80.6 Å². The van der Waals surface area contributed by atoms with Gasteiger partial charge in [0.15, 0.2) is 0 Å². The minimum absolute atomic E-state index is 0.173. The Balaban J connectivity index is 1.59. The average molecular weight is 471 g/mol. The molecule has 0 bridgehead atoms. The maximum absolute atomic E-state index is 13.2. The molecule has 1 aliphatic rings. The molecule has 2 amide bonds. The summed E-state index contributed by atoms with van der Waals surface area (Å²) in [5, 5.41) is 7.98. The molecule has 0 radical (unpaired) electrons. The van der Waals surface area contributed by atoms with E-state index < -0.39 is 6.04 Å². The molecule has 1 N–H and O–H groups in total. The van der Waals surface area contributed by atoms with Crippen molar-refractivity contribution in [3.63, 3.8) is 0 Å². The summed E-state index contributed by atoms with van der Waals surface area (Å²) < 4.78 is 5.74. The summed E-state index contributed by atoms with van der Waals surface area (Å²) in [6.07, 6.45) is 0. The molecule has 34 heavy (non-hydrogen) atoms. The van der Waals surface area contributed by atoms with Crippen LogP contribution in [0.4, 0.5) is 4.79 Å². The summed E-state index contributed by atoms with van der Waals surface area (Å²) in [5.74, 6) is 0.826. The lowest BCUT2D eigenvalue weighted by Gasteiger charge is -2.35. The Hall–Kier alpha value is -3.90. The molecule has 1 aromatic heterocycles. The van der Waals surface area contributed by atoms with Crippen LogP contribution in [0.25, 0.3) is 17.0 Å². The van der Waals surface area contributed by atoms with Gasteiger partial charge in [-0.3, -0.25) is 4.90 Å². The van der Waals surface area contributed by atoms with Crippen molar-refractivity contribution in [1.29, 1.82) is 0 Å². The van der Waals surface area contributed by atoms with Gasteiger partial charge in [-0.15, -0.1) is 0 Å². The summed E-state index contributed by atoms with van der Waals surface area (Å²) in [6, 6.07) is 24.6. The molecule has 7 heteroatoms. The van der Waals surface area contributed by atoms with E-state index in [1.165, 1.54) is 0 Å². The standard InChI is InChI=1S/C27H23ClN4O2/c1-17-8-10-20(11-9-17)24-23(26-30-25(31-34-26)21-12-14-22(28)15-13-21)18(2)32(27(33)29-24)16-19-6-4-3-5-7-19/h3-15,24H,16H2,1-2H3,(H,29,33). The van der Waals surface area contributed by atoms with Gasteiger partial charge >= 0.3 is 6.03 Å². The van der Waals surface area contributed by atoms with Gasteiger partial charge in [-0.05, 0) is 49.2 Å². The number of halogens is 1. The Morgan fingerprint density at radius 1 is 0.971 bits per heavy atom. The van der Waals surface area contributed by atoms with Crippen LogP contribution in [0.15, 0.2) is 89.1 Å². The molecule has 1 unspecified atom stereocenters. The van der Waals surface area contributed by atoms with E-state index in [9.17, 15) is 4.79 Å². The summed E-state index contributed by atoms with van der Waals surface area (Å²) in [5.41, 5.74) is 5.44. The van der Waals surface area contributed by atoms with Crippen LogP contribution in [0.5, 0.6) is 0 Å². The Bertz CT molecular complexity index is 1350. The quantitative estimate of drug-likeness (QED) is 0.366. The second kappa shape index (κ2) is 9.15. The minimum Gasteiger partial charge on any atom is -0.334 e. The molecule has 1 aliphatic heterocycles. The molecule has 6 nitrogen and oxygen atoms in total. The van der Waals surface area contributed by atoms with Crippen LogP contribution < -0.4 is 5.32 Å². The minimum atomic E-state index is -0.418. The van der Waals surface area contributed by atoms with Crippen LogP contribution in [0, 0.1) is 6.92 Å². The third-order valence-corrected chi connectivity index (χ3v) is 6.20. The van der Waals surface area contributed by atoms with Gasteiger partial charge in [0.1, 0.15) is 0 Å². The van der Waals surface area contributed by atoms with Crippen molar-refractivity contribution in [1.82, 2.24) is 20.4 Å². The lowest BCUT2D eigenvalue weighted by atomic mass is 9.94. The molecule has 0 fully saturated rings. The van der Waals surface area contributed by atoms with Gasteiger partial charge in [0.2, 0.25) is 5.82 Å². The predicted octanol–water partition coefficient (Wildman–Crippen LogP) is 6.40. The molecule has 0 spiro atoms. The van der Waals surface area contributed by atoms with E-state index in [1.54, 1.807) is 17.0 Å². The molecule has 0 saturated carbocycles. The topological polar surface area (TPSA) is 71.3 Å². The van der Waals surface area contributed by atoms with Gasteiger partial charge < -0.3 is 9.84 Å². The normalized spacial score (nSPS) is 16.0. The second-order valence-electron chi connectivity index (χ2n) is 8.29. The van der Waals surface area contributed by atoms with E-state index >= 15 is 0 Å². The van der Waals surface area contributed by atoms with Crippen molar-refractivity contribution in [2.45, 2.75) is 26.4 Å². The predicted molar refractivity (Wildman–Crippen MR) is 132 cm³/mol. The fraction of sp³-hybridized carbons (Fsp3) is 0.148. The van der Waals surface area contributed by atoms with Gasteiger partial charge in [0, 0.05) is 16.3 Å². The number of allylic oxidation sites excluding steroid dienone is 1. The van der Waals surface area contributed by atoms with Crippen molar-refractivity contribution >= 4 is 23.2 Å². The Kier molecular flexibility index (Phi) is 5.90. The number of rotatable bonds is 5. The molecule has 2 heterocycles. The van der Waals surface area contributed by atoms with Gasteiger partial charge in [-0.1, -0.05) is 76.9 Å². The Morgan fingerprint density at radius 2 is 1.68 bits per heavy atom. The smallest absolute Gasteiger partial charge is 0.322 e. The Morgan fingerprint density at radius 3 is 2.38 bits per heavy atom. The fourth-order valence-electron chi connectivity index (χ4n) is 4.07. The fourth-order valence-corrected chi connectivity index (χ4v) is 4.20. The van der Waals surface area contributed by atoms with Crippen molar-refractivity contribution in [3.05, 3.63) is 112 Å². The van der Waals surface area contributed by atoms with Crippen LogP contribution in [0.3, 0.4) is 0 Å². The molecule has 0 aliphatic carbocycles. The Labute approximate surface area is 202 Å². The number of amides is 2. The van der Waals surface area contributed by atoms with E-state index in [-0.39, 0.29) is 6.03 Å². The van der Waals surface area contributed by atoms with E-state index in [0.717, 1.165) is 33.5 Å². The van der Waals surface area contributed by atoms with Crippen molar-refractivity contribution in [3.8, 4) is 11.4 Å². The number of hydrogen-bond acceptors (Lipinski definition) is 4. The van der Waals surface area contributed by atoms with Crippen LogP contribution in [0.2, 0.25) is 5.02 Å². The van der Waals surface area contributed by atoms with Crippen LogP contribution in [0.1, 0.15) is 35.5 Å². The zero-order valence-electron chi connectivity index (χ0n) is 18.8. The highest BCUT2D eigenvalue weighted by atomic mass is 35.5. The third kappa shape index (κ3) is 4.32. The number of aromatic nitrogens is 2. The molecule has 170 valence electrons. The number of benzene rings is 3. The lowest BCUT2D eigenvalue weighted by molar-refractivity contribution is 0.203. The highest BCUT2D eigenvalue weighted by molar-refractivity contribution is 6.30. The third-order valence-electron chi connectivity index (χ3n) is 5.95. The first-order chi connectivity index (χ1) is 16.5. The van der Waals surface area contributed by atoms with Gasteiger partial charge in [0.25, 0.3) is 5.89 Å². The highest BCUT2D eigenvalue weighted by Crippen LogP contribution is 2.38. The average Bonchev–Trinajstić information content (AvgIpc) is 3.33. The van der Waals surface area contributed by atoms with Crippen LogP contribution >= 0.6 is 11.6 Å². The first-order valence-corrected chi connectivity index (χ1v) is 11.4. The van der Waals surface area contributed by atoms with Crippen LogP contribution in [-0.2, 0) is 6.54 Å². The van der Waals surface area contributed by atoms with Crippen molar-refractivity contribution in [2.24, 2.45) is 0 Å². The number of nitrogens with one attached hydrogen (secondary N) is 1. The summed E-state index contributed by atoms with van der Waals surface area (Å²) in [4.78, 5) is 19.6. The zero-order chi connectivity index (χ0) is 23.7. The van der Waals surface area contributed by atoms with Crippen molar-refractivity contribution < 1.29 is 9.32 Å². The summed E-state index contributed by atoms with van der Waals surface area (Å²) in [6.45, 7) is 4.38. The number of urea groups is 1. The molecule has 4 aromatic rings. The second-order valence-corrected chi connectivity index (χ2v) is 8.73. The lowest BCUT2D eigenvalue weighted by Crippen LogP contribution is -2.45. The maximum Gasteiger partial charge on any atom is 0.322 e. The van der Waals surface area contributed by atoms with Gasteiger partial charge in [-0.25, -0.2) is 4.79 Å². The first kappa shape index (κ1) is 21.9. The highest BCUT2D eigenvalue weighted by Gasteiger charge is 2.35. The first-order valence-electron chi connectivity index (χ1n) is 11.0. The monoisotopic (exact) mass is 470 g/mol. The van der Waals surface area contributed by atoms with Crippen molar-refractivity contribution in [2.75, 3.05) is 0 Å². The van der Waals surface area contributed by atoms with Crippen LogP contribution in [-0.4, -0.2) is 21.1 Å². The molecule has 1 atom stereocenters. The molecular weight excluding hydrogens is 448 g/mol. The van der Waals surface area contributed by atoms with Gasteiger partial charge in [0.05, 0.1) is 18.2 Å². The van der Waals surface area contributed by atoms with E-state index in [2.05, 4.69) is 15.5 Å². The SMILES string of the molecule is CC1=C(c2nc(-c3ccc(Cl)cc3)no2)C(c2ccc(C)cc2)NC(=O)N1Cc1ccccc1. The van der Waals surface area contributed by atoms with E-state index in [4.69, 9.17) is 16.1 Å². The number of hydrogen-bond donors (Lipinski definition) is 1. The number of nitrogens with zero attached hydrogens (tertiary/aromatic N) is 3. The molecule has 0 saturated heterocycles. The molecular formula is C27H23ClN4O2. The summed E-state index contributed by atoms with van der Waals surface area (Å²) in [7, 11) is 0. The largest absolute Gasteiger partial charge is 0.334 e. The van der Waals surface area contributed by atoms with Gasteiger partial charge in [-0.2, -0.15) is 4.98 Å².